The van der Waals surface area contributed by atoms with E-state index in [-0.39, 0.29) is 12.0 Å². The molecule has 0 unspecified atom stereocenters. The molecule has 0 spiro atoms. The number of hydrogen-bond donors (Lipinski definition) is 1. The lowest BCUT2D eigenvalue weighted by Crippen LogP contribution is -2.53. The third-order valence-electron chi connectivity index (χ3n) is 3.06. The van der Waals surface area contributed by atoms with Gasteiger partial charge in [-0.05, 0) is 19.1 Å². The number of imidazole rings is 1. The topological polar surface area (TPSA) is 57.8 Å². The lowest BCUT2D eigenvalue weighted by molar-refractivity contribution is 0.00555. The third-order valence-corrected chi connectivity index (χ3v) is 3.06. The highest BCUT2D eigenvalue weighted by Crippen LogP contribution is 2.14. The van der Waals surface area contributed by atoms with Crippen LogP contribution in [0.4, 0.5) is 0 Å². The number of rotatable bonds is 1. The van der Waals surface area contributed by atoms with Gasteiger partial charge in [-0.1, -0.05) is 6.07 Å². The third kappa shape index (κ3) is 1.59. The highest BCUT2D eigenvalue weighted by atomic mass is 16.3. The Labute approximate surface area is 98.3 Å². The van der Waals surface area contributed by atoms with Crippen molar-refractivity contribution in [3.63, 3.8) is 0 Å². The highest BCUT2D eigenvalue weighted by molar-refractivity contribution is 5.93. The van der Waals surface area contributed by atoms with Gasteiger partial charge < -0.3 is 14.4 Å². The summed E-state index contributed by atoms with van der Waals surface area (Å²) in [7, 11) is 0. The van der Waals surface area contributed by atoms with Gasteiger partial charge in [0, 0.05) is 25.0 Å². The van der Waals surface area contributed by atoms with Gasteiger partial charge in [-0.2, -0.15) is 0 Å². The van der Waals surface area contributed by atoms with Crippen LogP contribution in [0.25, 0.3) is 5.65 Å². The fraction of sp³-hybridized carbons (Fsp3) is 0.333. The van der Waals surface area contributed by atoms with Gasteiger partial charge in [-0.3, -0.25) is 4.79 Å². The molecule has 1 saturated heterocycles. The summed E-state index contributed by atoms with van der Waals surface area (Å²) in [6.45, 7) is 2.79. The lowest BCUT2D eigenvalue weighted by atomic mass is 10.1. The molecule has 1 fully saturated rings. The van der Waals surface area contributed by atoms with Crippen LogP contribution in [-0.2, 0) is 0 Å². The molecule has 0 aromatic carbocycles. The number of aromatic nitrogens is 2. The van der Waals surface area contributed by atoms with E-state index in [4.69, 9.17) is 0 Å². The molecule has 0 bridgehead atoms. The second-order valence-corrected chi connectivity index (χ2v) is 4.39. The zero-order chi connectivity index (χ0) is 12.0. The number of fused-ring (bicyclic) bond motifs is 1. The summed E-state index contributed by atoms with van der Waals surface area (Å²) < 4.78 is 1.89. The molecule has 1 aliphatic heterocycles. The zero-order valence-electron chi connectivity index (χ0n) is 9.50. The second kappa shape index (κ2) is 3.56. The number of hydrogen-bond acceptors (Lipinski definition) is 3. The summed E-state index contributed by atoms with van der Waals surface area (Å²) in [5, 5.41) is 9.18. The molecule has 0 atom stereocenters. The van der Waals surface area contributed by atoms with Crippen LogP contribution in [0.1, 0.15) is 16.2 Å². The van der Waals surface area contributed by atoms with Crippen molar-refractivity contribution in [3.8, 4) is 0 Å². The molecule has 5 heteroatoms. The molecule has 88 valence electrons. The number of carbonyl (C=O) groups excluding carboxylic acids is 1. The van der Waals surface area contributed by atoms with Gasteiger partial charge in [0.1, 0.15) is 11.3 Å². The minimum absolute atomic E-state index is 0.113. The minimum Gasteiger partial charge on any atom is -0.389 e. The van der Waals surface area contributed by atoms with Crippen molar-refractivity contribution < 1.29 is 9.90 Å². The molecule has 5 nitrogen and oxygen atoms in total. The maximum Gasteiger partial charge on any atom is 0.274 e. The first-order valence-corrected chi connectivity index (χ1v) is 5.57. The maximum atomic E-state index is 12.0. The normalized spacial score (nSPS) is 16.2. The molecule has 3 rings (SSSR count). The SMILES string of the molecule is Cc1cccc2nc(C(=O)N3CC(O)C3)cn12. The number of pyridine rings is 1. The Morgan fingerprint density at radius 2 is 2.24 bits per heavy atom. The van der Waals surface area contributed by atoms with Crippen molar-refractivity contribution >= 4 is 11.6 Å². The Kier molecular flexibility index (Phi) is 2.16. The van der Waals surface area contributed by atoms with E-state index in [2.05, 4.69) is 4.98 Å². The Morgan fingerprint density at radius 1 is 1.47 bits per heavy atom. The number of carbonyl (C=O) groups is 1. The Bertz CT molecular complexity index is 584. The first-order chi connectivity index (χ1) is 8.15. The van der Waals surface area contributed by atoms with E-state index in [0.29, 0.717) is 18.8 Å². The van der Waals surface area contributed by atoms with Gasteiger partial charge >= 0.3 is 0 Å². The van der Waals surface area contributed by atoms with Gasteiger partial charge in [0.2, 0.25) is 0 Å². The van der Waals surface area contributed by atoms with Gasteiger partial charge in [0.25, 0.3) is 5.91 Å². The number of β-amino-alcohol motifs (C(OH)–C–C–N with tert-alkyl or cyclic N) is 1. The van der Waals surface area contributed by atoms with E-state index in [1.165, 1.54) is 0 Å². The second-order valence-electron chi connectivity index (χ2n) is 4.39. The molecule has 1 N–H and O–H groups in total. The molecule has 1 amide bonds. The lowest BCUT2D eigenvalue weighted by Gasteiger charge is -2.35. The summed E-state index contributed by atoms with van der Waals surface area (Å²) >= 11 is 0. The first-order valence-electron chi connectivity index (χ1n) is 5.57. The fourth-order valence-corrected chi connectivity index (χ4v) is 2.03. The number of amides is 1. The van der Waals surface area contributed by atoms with Crippen LogP contribution in [0.15, 0.2) is 24.4 Å². The van der Waals surface area contributed by atoms with Crippen LogP contribution < -0.4 is 0 Å². The summed E-state index contributed by atoms with van der Waals surface area (Å²) in [5.41, 5.74) is 2.25. The number of aliphatic hydroxyl groups excluding tert-OH is 1. The maximum absolute atomic E-state index is 12.0. The van der Waals surface area contributed by atoms with Crippen molar-refractivity contribution in [2.75, 3.05) is 13.1 Å². The van der Waals surface area contributed by atoms with Crippen LogP contribution in [0.3, 0.4) is 0 Å². The van der Waals surface area contributed by atoms with Gasteiger partial charge in [0.05, 0.1) is 6.10 Å². The predicted molar refractivity (Wildman–Crippen MR) is 61.8 cm³/mol. The highest BCUT2D eigenvalue weighted by Gasteiger charge is 2.30. The van der Waals surface area contributed by atoms with Crippen LogP contribution in [0.5, 0.6) is 0 Å². The van der Waals surface area contributed by atoms with E-state index < -0.39 is 0 Å². The summed E-state index contributed by atoms with van der Waals surface area (Å²) in [5.74, 6) is -0.113. The van der Waals surface area contributed by atoms with Crippen LogP contribution in [0.2, 0.25) is 0 Å². The monoisotopic (exact) mass is 231 g/mol. The van der Waals surface area contributed by atoms with Crippen LogP contribution in [-0.4, -0.2) is 44.5 Å². The van der Waals surface area contributed by atoms with E-state index in [1.54, 1.807) is 11.1 Å². The molecule has 2 aromatic heterocycles. The average Bonchev–Trinajstić information content (AvgIpc) is 2.69. The molecule has 0 aliphatic carbocycles. The van der Waals surface area contributed by atoms with E-state index in [9.17, 15) is 9.90 Å². The summed E-state index contributed by atoms with van der Waals surface area (Å²) in [6.07, 6.45) is 1.37. The number of aliphatic hydroxyl groups is 1. The summed E-state index contributed by atoms with van der Waals surface area (Å²) in [6, 6.07) is 5.75. The van der Waals surface area contributed by atoms with E-state index in [0.717, 1.165) is 11.3 Å². The minimum atomic E-state index is -0.377. The van der Waals surface area contributed by atoms with Gasteiger partial charge in [-0.25, -0.2) is 4.98 Å². The predicted octanol–water partition coefficient (Wildman–Crippen LogP) is 0.459. The van der Waals surface area contributed by atoms with Gasteiger partial charge in [0.15, 0.2) is 0 Å². The molecule has 2 aromatic rings. The van der Waals surface area contributed by atoms with Crippen molar-refractivity contribution in [1.29, 1.82) is 0 Å². The zero-order valence-corrected chi connectivity index (χ0v) is 9.50. The Morgan fingerprint density at radius 3 is 2.88 bits per heavy atom. The molecule has 1 aliphatic rings. The van der Waals surface area contributed by atoms with Crippen LogP contribution >= 0.6 is 0 Å². The van der Waals surface area contributed by atoms with Crippen molar-refractivity contribution in [2.24, 2.45) is 0 Å². The van der Waals surface area contributed by atoms with E-state index in [1.807, 2.05) is 29.5 Å². The first kappa shape index (κ1) is 10.3. The molecule has 0 saturated carbocycles. The fourth-order valence-electron chi connectivity index (χ4n) is 2.03. The molecule has 17 heavy (non-hydrogen) atoms. The van der Waals surface area contributed by atoms with Crippen LogP contribution in [0, 0.1) is 6.92 Å². The van der Waals surface area contributed by atoms with Crippen molar-refractivity contribution in [3.05, 3.63) is 35.8 Å². The average molecular weight is 231 g/mol. The molecular formula is C12H13N3O2. The largest absolute Gasteiger partial charge is 0.389 e. The summed E-state index contributed by atoms with van der Waals surface area (Å²) in [4.78, 5) is 17.9. The molecule has 0 radical (unpaired) electrons. The van der Waals surface area contributed by atoms with Gasteiger partial charge in [-0.15, -0.1) is 0 Å². The number of likely N-dealkylation sites (tertiary alicyclic amines) is 1. The molecule has 3 heterocycles. The number of aryl methyl sites for hydroxylation is 1. The standard InChI is InChI=1S/C12H13N3O2/c1-8-3-2-4-11-13-10(7-15(8)11)12(17)14-5-9(16)6-14/h2-4,7,9,16H,5-6H2,1H3. The van der Waals surface area contributed by atoms with Crippen molar-refractivity contribution in [1.82, 2.24) is 14.3 Å². The van der Waals surface area contributed by atoms with Crippen molar-refractivity contribution in [2.45, 2.75) is 13.0 Å². The Hall–Kier alpha value is -1.88. The molecular weight excluding hydrogens is 218 g/mol. The quantitative estimate of drug-likeness (QED) is 0.775. The Balaban J connectivity index is 1.96. The number of nitrogens with zero attached hydrogens (tertiary/aromatic N) is 3. The smallest absolute Gasteiger partial charge is 0.274 e. The van der Waals surface area contributed by atoms with E-state index >= 15 is 0 Å².